The van der Waals surface area contributed by atoms with Crippen LogP contribution in [0.25, 0.3) is 0 Å². The largest absolute Gasteiger partial charge is 0.320 e. The molecule has 0 saturated heterocycles. The minimum Gasteiger partial charge on any atom is -0.320 e. The number of aromatic nitrogens is 2. The minimum absolute atomic E-state index is 0.0317. The Morgan fingerprint density at radius 3 is 2.75 bits per heavy atom. The molecule has 0 radical (unpaired) electrons. The number of hydrogen-bond donors (Lipinski definition) is 1. The molecular weight excluding hydrogens is 308 g/mol. The number of carbonyl (C=O) groups is 1. The van der Waals surface area contributed by atoms with Crippen LogP contribution in [0.5, 0.6) is 0 Å². The molecule has 1 heterocycles. The maximum atomic E-state index is 13.0. The van der Waals surface area contributed by atoms with E-state index in [0.717, 1.165) is 12.1 Å². The highest BCUT2D eigenvalue weighted by atomic mass is 35.5. The summed E-state index contributed by atoms with van der Waals surface area (Å²) in [4.78, 5) is 19.9. The van der Waals surface area contributed by atoms with Gasteiger partial charge in [0.25, 0.3) is 5.91 Å². The lowest BCUT2D eigenvalue weighted by molar-refractivity contribution is 0.102. The third kappa shape index (κ3) is 3.23. The number of nitrogens with one attached hydrogen (secondary N) is 1. The lowest BCUT2D eigenvalue weighted by atomic mass is 10.3. The summed E-state index contributed by atoms with van der Waals surface area (Å²) in [5.74, 6) is -2.67. The minimum atomic E-state index is -1.05. The molecular formula is C12H8ClF2N3OS. The van der Waals surface area contributed by atoms with E-state index in [4.69, 9.17) is 11.6 Å². The smallest absolute Gasteiger partial charge is 0.275 e. The van der Waals surface area contributed by atoms with Crippen molar-refractivity contribution in [3.63, 3.8) is 0 Å². The SMILES string of the molecule is CSc1ncc(Cl)c(C(=O)Nc2ccc(F)c(F)c2)n1. The fourth-order valence-corrected chi connectivity index (χ4v) is 1.89. The van der Waals surface area contributed by atoms with E-state index in [0.29, 0.717) is 5.16 Å². The van der Waals surface area contributed by atoms with Crippen LogP contribution in [0.4, 0.5) is 14.5 Å². The lowest BCUT2D eigenvalue weighted by Crippen LogP contribution is -2.15. The summed E-state index contributed by atoms with van der Waals surface area (Å²) >= 11 is 7.09. The fourth-order valence-electron chi connectivity index (χ4n) is 1.37. The van der Waals surface area contributed by atoms with Crippen molar-refractivity contribution in [1.29, 1.82) is 0 Å². The van der Waals surface area contributed by atoms with Crippen LogP contribution in [0.2, 0.25) is 5.02 Å². The van der Waals surface area contributed by atoms with E-state index in [2.05, 4.69) is 15.3 Å². The van der Waals surface area contributed by atoms with E-state index < -0.39 is 17.5 Å². The number of amides is 1. The summed E-state index contributed by atoms with van der Waals surface area (Å²) in [5.41, 5.74) is 0.0741. The van der Waals surface area contributed by atoms with Crippen LogP contribution in [-0.4, -0.2) is 22.1 Å². The van der Waals surface area contributed by atoms with E-state index in [1.165, 1.54) is 24.0 Å². The van der Waals surface area contributed by atoms with Crippen LogP contribution >= 0.6 is 23.4 Å². The number of nitrogens with zero attached hydrogens (tertiary/aromatic N) is 2. The van der Waals surface area contributed by atoms with Crippen LogP contribution in [0.3, 0.4) is 0 Å². The molecule has 0 aliphatic rings. The first-order chi connectivity index (χ1) is 9.51. The third-order valence-corrected chi connectivity index (χ3v) is 3.14. The molecule has 0 unspecified atom stereocenters. The van der Waals surface area contributed by atoms with E-state index >= 15 is 0 Å². The van der Waals surface area contributed by atoms with Crippen molar-refractivity contribution in [2.24, 2.45) is 0 Å². The Balaban J connectivity index is 2.25. The number of thioether (sulfide) groups is 1. The first-order valence-electron chi connectivity index (χ1n) is 5.34. The molecule has 1 aromatic carbocycles. The summed E-state index contributed by atoms with van der Waals surface area (Å²) < 4.78 is 25.8. The van der Waals surface area contributed by atoms with Crippen molar-refractivity contribution in [2.75, 3.05) is 11.6 Å². The summed E-state index contributed by atoms with van der Waals surface area (Å²) in [7, 11) is 0. The molecule has 0 aliphatic carbocycles. The van der Waals surface area contributed by atoms with E-state index in [9.17, 15) is 13.6 Å². The zero-order valence-electron chi connectivity index (χ0n) is 10.2. The summed E-state index contributed by atoms with van der Waals surface area (Å²) in [6.07, 6.45) is 3.06. The summed E-state index contributed by atoms with van der Waals surface area (Å²) in [6, 6.07) is 3.03. The molecule has 1 amide bonds. The van der Waals surface area contributed by atoms with Gasteiger partial charge >= 0.3 is 0 Å². The molecule has 8 heteroatoms. The zero-order valence-corrected chi connectivity index (χ0v) is 11.7. The van der Waals surface area contributed by atoms with Crippen molar-refractivity contribution in [1.82, 2.24) is 9.97 Å². The maximum absolute atomic E-state index is 13.0. The molecule has 2 aromatic rings. The Kier molecular flexibility index (Phi) is 4.51. The van der Waals surface area contributed by atoms with Gasteiger partial charge in [-0.2, -0.15) is 0 Å². The molecule has 1 N–H and O–H groups in total. The Morgan fingerprint density at radius 1 is 1.35 bits per heavy atom. The van der Waals surface area contributed by atoms with Gasteiger partial charge < -0.3 is 5.32 Å². The van der Waals surface area contributed by atoms with Crippen LogP contribution in [0.15, 0.2) is 29.6 Å². The molecule has 0 saturated carbocycles. The molecule has 0 fully saturated rings. The predicted molar refractivity (Wildman–Crippen MR) is 73.1 cm³/mol. The predicted octanol–water partition coefficient (Wildman–Crippen LogP) is 3.38. The van der Waals surface area contributed by atoms with Gasteiger partial charge in [0.15, 0.2) is 22.5 Å². The highest BCUT2D eigenvalue weighted by molar-refractivity contribution is 7.98. The van der Waals surface area contributed by atoms with Crippen molar-refractivity contribution in [2.45, 2.75) is 5.16 Å². The number of halogens is 3. The molecule has 1 aromatic heterocycles. The summed E-state index contributed by atoms with van der Waals surface area (Å²) in [6.45, 7) is 0. The normalized spacial score (nSPS) is 10.4. The van der Waals surface area contributed by atoms with Crippen molar-refractivity contribution < 1.29 is 13.6 Å². The van der Waals surface area contributed by atoms with Crippen LogP contribution in [0.1, 0.15) is 10.5 Å². The molecule has 0 bridgehead atoms. The van der Waals surface area contributed by atoms with Gasteiger partial charge in [-0.1, -0.05) is 23.4 Å². The highest BCUT2D eigenvalue weighted by Crippen LogP contribution is 2.19. The Labute approximate surface area is 122 Å². The van der Waals surface area contributed by atoms with Gasteiger partial charge in [-0.15, -0.1) is 0 Å². The van der Waals surface area contributed by atoms with Gasteiger partial charge in [-0.3, -0.25) is 4.79 Å². The van der Waals surface area contributed by atoms with Gasteiger partial charge in [0.1, 0.15) is 0 Å². The quantitative estimate of drug-likeness (QED) is 0.697. The average molecular weight is 316 g/mol. The standard InChI is InChI=1S/C12H8ClF2N3OS/c1-20-12-16-5-7(13)10(18-12)11(19)17-6-2-3-8(14)9(15)4-6/h2-5H,1H3,(H,17,19). The maximum Gasteiger partial charge on any atom is 0.275 e. The number of hydrogen-bond acceptors (Lipinski definition) is 4. The molecule has 0 spiro atoms. The average Bonchev–Trinajstić information content (AvgIpc) is 2.43. The van der Waals surface area contributed by atoms with Crippen molar-refractivity contribution in [3.8, 4) is 0 Å². The zero-order chi connectivity index (χ0) is 14.7. The Morgan fingerprint density at radius 2 is 2.10 bits per heavy atom. The first-order valence-corrected chi connectivity index (χ1v) is 6.94. The van der Waals surface area contributed by atoms with Crippen molar-refractivity contribution in [3.05, 3.63) is 46.7 Å². The topological polar surface area (TPSA) is 54.9 Å². The monoisotopic (exact) mass is 315 g/mol. The third-order valence-electron chi connectivity index (χ3n) is 2.30. The van der Waals surface area contributed by atoms with Crippen LogP contribution < -0.4 is 5.32 Å². The first kappa shape index (κ1) is 14.7. The molecule has 20 heavy (non-hydrogen) atoms. The molecule has 2 rings (SSSR count). The molecule has 104 valence electrons. The second-order valence-electron chi connectivity index (χ2n) is 3.64. The van der Waals surface area contributed by atoms with Gasteiger partial charge in [-0.05, 0) is 18.4 Å². The van der Waals surface area contributed by atoms with Crippen LogP contribution in [-0.2, 0) is 0 Å². The number of rotatable bonds is 3. The molecule has 4 nitrogen and oxygen atoms in total. The number of anilines is 1. The Hall–Kier alpha value is -1.73. The van der Waals surface area contributed by atoms with Gasteiger partial charge in [0, 0.05) is 11.8 Å². The molecule has 0 aliphatic heterocycles. The van der Waals surface area contributed by atoms with Gasteiger partial charge in [0.2, 0.25) is 0 Å². The van der Waals surface area contributed by atoms with Gasteiger partial charge in [-0.25, -0.2) is 18.7 Å². The van der Waals surface area contributed by atoms with Crippen LogP contribution in [0, 0.1) is 11.6 Å². The molecule has 0 atom stereocenters. The highest BCUT2D eigenvalue weighted by Gasteiger charge is 2.15. The van der Waals surface area contributed by atoms with E-state index in [1.807, 2.05) is 0 Å². The van der Waals surface area contributed by atoms with Crippen molar-refractivity contribution >= 4 is 35.0 Å². The fraction of sp³-hybridized carbons (Fsp3) is 0.0833. The lowest BCUT2D eigenvalue weighted by Gasteiger charge is -2.07. The number of benzene rings is 1. The second-order valence-corrected chi connectivity index (χ2v) is 4.82. The summed E-state index contributed by atoms with van der Waals surface area (Å²) in [5, 5.41) is 2.84. The van der Waals surface area contributed by atoms with E-state index in [1.54, 1.807) is 6.26 Å². The second kappa shape index (κ2) is 6.15. The van der Waals surface area contributed by atoms with Gasteiger partial charge in [0.05, 0.1) is 11.2 Å². The van der Waals surface area contributed by atoms with E-state index in [-0.39, 0.29) is 16.4 Å². The Bertz CT molecular complexity index is 669. The number of carbonyl (C=O) groups excluding carboxylic acids is 1.